The minimum atomic E-state index is 0.0694. The average Bonchev–Trinajstić information content (AvgIpc) is 2.54. The molecule has 1 saturated carbocycles. The fourth-order valence-corrected chi connectivity index (χ4v) is 4.54. The topological polar surface area (TPSA) is 38.3 Å². The van der Waals surface area contributed by atoms with Crippen molar-refractivity contribution in [3.05, 3.63) is 0 Å². The maximum Gasteiger partial charge on any atom is 0.136 e. The van der Waals surface area contributed by atoms with E-state index in [2.05, 4.69) is 5.32 Å². The molecule has 1 aliphatic carbocycles. The van der Waals surface area contributed by atoms with Gasteiger partial charge in [0.15, 0.2) is 0 Å². The first-order valence-electron chi connectivity index (χ1n) is 9.18. The van der Waals surface area contributed by atoms with Gasteiger partial charge in [0.2, 0.25) is 0 Å². The first-order valence-corrected chi connectivity index (χ1v) is 9.18. The summed E-state index contributed by atoms with van der Waals surface area (Å²) in [5.41, 5.74) is 0.0694. The molecular formula is C18H31NO2. The Bertz CT molecular complexity index is 338. The van der Waals surface area contributed by atoms with Gasteiger partial charge in [-0.3, -0.25) is 4.79 Å². The van der Waals surface area contributed by atoms with E-state index in [4.69, 9.17) is 4.74 Å². The first-order chi connectivity index (χ1) is 10.3. The highest BCUT2D eigenvalue weighted by Gasteiger charge is 2.40. The molecule has 2 heterocycles. The Morgan fingerprint density at radius 2 is 1.95 bits per heavy atom. The number of piperidine rings is 1. The fourth-order valence-electron chi connectivity index (χ4n) is 4.54. The third-order valence-electron chi connectivity index (χ3n) is 5.86. The van der Waals surface area contributed by atoms with E-state index in [1.165, 1.54) is 51.4 Å². The third-order valence-corrected chi connectivity index (χ3v) is 5.86. The molecule has 3 nitrogen and oxygen atoms in total. The molecule has 0 aromatic heterocycles. The van der Waals surface area contributed by atoms with Gasteiger partial charge in [-0.25, -0.2) is 0 Å². The van der Waals surface area contributed by atoms with E-state index in [-0.39, 0.29) is 11.5 Å². The summed E-state index contributed by atoms with van der Waals surface area (Å²) < 4.78 is 6.12. The van der Waals surface area contributed by atoms with Crippen LogP contribution in [0, 0.1) is 5.92 Å². The zero-order valence-corrected chi connectivity index (χ0v) is 13.4. The van der Waals surface area contributed by atoms with Crippen LogP contribution in [0.15, 0.2) is 0 Å². The minimum absolute atomic E-state index is 0.0694. The number of Topliss-reactive ketones (excluding diaryl/α,β-unsaturated/α-hetero) is 1. The highest BCUT2D eigenvalue weighted by Crippen LogP contribution is 2.41. The summed E-state index contributed by atoms with van der Waals surface area (Å²) in [6, 6.07) is 0.589. The van der Waals surface area contributed by atoms with Crippen molar-refractivity contribution in [1.29, 1.82) is 0 Å². The highest BCUT2D eigenvalue weighted by atomic mass is 16.5. The normalized spacial score (nSPS) is 33.0. The molecule has 2 atom stereocenters. The predicted octanol–water partition coefficient (Wildman–Crippen LogP) is 3.61. The molecule has 0 bridgehead atoms. The van der Waals surface area contributed by atoms with Crippen molar-refractivity contribution in [3.8, 4) is 0 Å². The van der Waals surface area contributed by atoms with Crippen LogP contribution in [0.25, 0.3) is 0 Å². The van der Waals surface area contributed by atoms with Crippen molar-refractivity contribution in [2.24, 2.45) is 5.92 Å². The number of carbonyl (C=O) groups excluding carboxylic acids is 1. The zero-order valence-electron chi connectivity index (χ0n) is 13.4. The van der Waals surface area contributed by atoms with Crippen molar-refractivity contribution in [1.82, 2.24) is 5.32 Å². The molecule has 3 fully saturated rings. The smallest absolute Gasteiger partial charge is 0.136 e. The molecule has 3 rings (SSSR count). The van der Waals surface area contributed by atoms with Gasteiger partial charge in [0, 0.05) is 25.0 Å². The van der Waals surface area contributed by atoms with Crippen molar-refractivity contribution in [2.45, 2.75) is 88.7 Å². The monoisotopic (exact) mass is 293 g/mol. The van der Waals surface area contributed by atoms with Gasteiger partial charge in [-0.15, -0.1) is 0 Å². The van der Waals surface area contributed by atoms with Gasteiger partial charge < -0.3 is 10.1 Å². The summed E-state index contributed by atoms with van der Waals surface area (Å²) in [4.78, 5) is 12.6. The molecule has 2 aliphatic heterocycles. The van der Waals surface area contributed by atoms with E-state index < -0.39 is 0 Å². The van der Waals surface area contributed by atoms with E-state index >= 15 is 0 Å². The Labute approximate surface area is 129 Å². The Kier molecular flexibility index (Phi) is 5.33. The second-order valence-electron chi connectivity index (χ2n) is 7.43. The van der Waals surface area contributed by atoms with E-state index in [0.29, 0.717) is 11.8 Å². The molecule has 1 N–H and O–H groups in total. The van der Waals surface area contributed by atoms with Crippen LogP contribution >= 0.6 is 0 Å². The first kappa shape index (κ1) is 15.5. The number of hydrogen-bond acceptors (Lipinski definition) is 3. The number of rotatable bonds is 4. The lowest BCUT2D eigenvalue weighted by molar-refractivity contribution is -0.143. The van der Waals surface area contributed by atoms with Crippen LogP contribution in [-0.2, 0) is 9.53 Å². The molecule has 2 unspecified atom stereocenters. The SMILES string of the molecule is O=C(CCC1CCCCN1)C1CCOC2(CCCCC2)C1. The van der Waals surface area contributed by atoms with Crippen LogP contribution in [0.5, 0.6) is 0 Å². The van der Waals surface area contributed by atoms with Crippen LogP contribution in [0.4, 0.5) is 0 Å². The summed E-state index contributed by atoms with van der Waals surface area (Å²) in [5.74, 6) is 0.788. The lowest BCUT2D eigenvalue weighted by Crippen LogP contribution is -2.43. The van der Waals surface area contributed by atoms with E-state index in [9.17, 15) is 4.79 Å². The van der Waals surface area contributed by atoms with Gasteiger partial charge in [0.05, 0.1) is 5.60 Å². The van der Waals surface area contributed by atoms with Gasteiger partial charge in [-0.2, -0.15) is 0 Å². The number of ketones is 1. The van der Waals surface area contributed by atoms with Crippen molar-refractivity contribution in [2.75, 3.05) is 13.2 Å². The van der Waals surface area contributed by atoms with E-state index in [0.717, 1.165) is 38.8 Å². The predicted molar refractivity (Wildman–Crippen MR) is 84.4 cm³/mol. The van der Waals surface area contributed by atoms with Crippen LogP contribution in [0.1, 0.15) is 77.0 Å². The van der Waals surface area contributed by atoms with Gasteiger partial charge in [-0.05, 0) is 51.5 Å². The molecule has 0 amide bonds. The van der Waals surface area contributed by atoms with Crippen molar-refractivity contribution >= 4 is 5.78 Å². The van der Waals surface area contributed by atoms with Gasteiger partial charge in [0.1, 0.15) is 5.78 Å². The second kappa shape index (κ2) is 7.23. The highest BCUT2D eigenvalue weighted by molar-refractivity contribution is 5.81. The largest absolute Gasteiger partial charge is 0.375 e. The molecule has 0 aromatic rings. The zero-order chi connectivity index (χ0) is 14.5. The molecule has 1 spiro atoms. The summed E-state index contributed by atoms with van der Waals surface area (Å²) in [5, 5.41) is 3.56. The molecule has 120 valence electrons. The second-order valence-corrected chi connectivity index (χ2v) is 7.43. The number of carbonyl (C=O) groups is 1. The molecule has 0 aromatic carbocycles. The molecule has 3 heteroatoms. The molecule has 2 saturated heterocycles. The Hall–Kier alpha value is -0.410. The van der Waals surface area contributed by atoms with Gasteiger partial charge in [-0.1, -0.05) is 25.7 Å². The van der Waals surface area contributed by atoms with Crippen LogP contribution < -0.4 is 5.32 Å². The summed E-state index contributed by atoms with van der Waals surface area (Å²) in [6.07, 6.45) is 13.9. The number of hydrogen-bond donors (Lipinski definition) is 1. The third kappa shape index (κ3) is 4.07. The van der Waals surface area contributed by atoms with E-state index in [1.54, 1.807) is 0 Å². The standard InChI is InChI=1S/C18H31NO2/c20-17(8-7-16-6-2-5-12-19-16)15-9-13-21-18(14-15)10-3-1-4-11-18/h15-16,19H,1-14H2. The number of nitrogens with one attached hydrogen (secondary N) is 1. The quantitative estimate of drug-likeness (QED) is 0.860. The molecular weight excluding hydrogens is 262 g/mol. The van der Waals surface area contributed by atoms with Crippen molar-refractivity contribution < 1.29 is 9.53 Å². The Balaban J connectivity index is 1.47. The van der Waals surface area contributed by atoms with Crippen molar-refractivity contribution in [3.63, 3.8) is 0 Å². The maximum atomic E-state index is 12.6. The summed E-state index contributed by atoms with van der Waals surface area (Å²) in [7, 11) is 0. The van der Waals surface area contributed by atoms with Gasteiger partial charge >= 0.3 is 0 Å². The minimum Gasteiger partial charge on any atom is -0.375 e. The summed E-state index contributed by atoms with van der Waals surface area (Å²) >= 11 is 0. The van der Waals surface area contributed by atoms with Gasteiger partial charge in [0.25, 0.3) is 0 Å². The van der Waals surface area contributed by atoms with Crippen LogP contribution in [0.3, 0.4) is 0 Å². The Morgan fingerprint density at radius 3 is 2.71 bits per heavy atom. The molecule has 3 aliphatic rings. The lowest BCUT2D eigenvalue weighted by atomic mass is 9.74. The van der Waals surface area contributed by atoms with Crippen LogP contribution in [-0.4, -0.2) is 30.6 Å². The Morgan fingerprint density at radius 1 is 1.10 bits per heavy atom. The molecule has 21 heavy (non-hydrogen) atoms. The number of ether oxygens (including phenoxy) is 1. The molecule has 0 radical (unpaired) electrons. The fraction of sp³-hybridized carbons (Fsp3) is 0.944. The summed E-state index contributed by atoms with van der Waals surface area (Å²) in [6.45, 7) is 1.94. The van der Waals surface area contributed by atoms with Crippen LogP contribution in [0.2, 0.25) is 0 Å². The lowest BCUT2D eigenvalue weighted by Gasteiger charge is -2.43. The average molecular weight is 293 g/mol. The van der Waals surface area contributed by atoms with E-state index in [1.807, 2.05) is 0 Å². The maximum absolute atomic E-state index is 12.6.